The molecule has 2 heterocycles. The minimum atomic E-state index is -4.08. The van der Waals surface area contributed by atoms with Crippen LogP contribution in [0, 0.1) is 5.82 Å². The zero-order chi connectivity index (χ0) is 22.1. The van der Waals surface area contributed by atoms with E-state index in [1.807, 2.05) is 12.1 Å². The molecular weight excluding hydrogens is 457 g/mol. The monoisotopic (exact) mass is 475 g/mol. The van der Waals surface area contributed by atoms with E-state index < -0.39 is 26.5 Å². The number of sulfonamides is 1. The highest BCUT2D eigenvalue weighted by Crippen LogP contribution is 2.40. The van der Waals surface area contributed by atoms with Crippen LogP contribution in [-0.4, -0.2) is 33.5 Å². The first-order valence-electron chi connectivity index (χ1n) is 9.23. The molecule has 6 nitrogen and oxygen atoms in total. The van der Waals surface area contributed by atoms with E-state index in [9.17, 15) is 17.9 Å². The highest BCUT2D eigenvalue weighted by atomic mass is 32.2. The molecule has 0 bridgehead atoms. The summed E-state index contributed by atoms with van der Waals surface area (Å²) in [6, 6.07) is 15.2. The highest BCUT2D eigenvalue weighted by Gasteiger charge is 2.44. The molecule has 1 atom stereocenters. The van der Waals surface area contributed by atoms with Crippen molar-refractivity contribution >= 4 is 44.0 Å². The van der Waals surface area contributed by atoms with E-state index in [4.69, 9.17) is 12.2 Å². The second-order valence-corrected chi connectivity index (χ2v) is 10.2. The van der Waals surface area contributed by atoms with Crippen molar-refractivity contribution in [2.24, 2.45) is 0 Å². The summed E-state index contributed by atoms with van der Waals surface area (Å²) in [5.74, 6) is -0.490. The van der Waals surface area contributed by atoms with Crippen LogP contribution < -0.4 is 4.72 Å². The minimum absolute atomic E-state index is 0.252. The van der Waals surface area contributed by atoms with E-state index in [-0.39, 0.29) is 5.69 Å². The predicted molar refractivity (Wildman–Crippen MR) is 122 cm³/mol. The molecular formula is C21H18FN3O3S3. The van der Waals surface area contributed by atoms with Gasteiger partial charge in [-0.25, -0.2) is 12.8 Å². The summed E-state index contributed by atoms with van der Waals surface area (Å²) in [7, 11) is -4.08. The van der Waals surface area contributed by atoms with Crippen LogP contribution in [0.5, 0.6) is 0 Å². The van der Waals surface area contributed by atoms with Crippen LogP contribution in [0.15, 0.2) is 78.0 Å². The third-order valence-corrected chi connectivity index (χ3v) is 7.86. The molecule has 1 unspecified atom stereocenters. The van der Waals surface area contributed by atoms with Gasteiger partial charge in [-0.3, -0.25) is 9.71 Å². The van der Waals surface area contributed by atoms with Gasteiger partial charge in [0.15, 0.2) is 5.72 Å². The van der Waals surface area contributed by atoms with Gasteiger partial charge < -0.3 is 10.0 Å². The fourth-order valence-electron chi connectivity index (χ4n) is 3.26. The van der Waals surface area contributed by atoms with Gasteiger partial charge in [-0.2, -0.15) is 0 Å². The van der Waals surface area contributed by atoms with Crippen LogP contribution in [0.4, 0.5) is 10.1 Å². The van der Waals surface area contributed by atoms with Crippen LogP contribution >= 0.6 is 24.0 Å². The average Bonchev–Trinajstić information content (AvgIpc) is 3.04. The van der Waals surface area contributed by atoms with E-state index in [2.05, 4.69) is 9.71 Å². The maximum absolute atomic E-state index is 13.9. The summed E-state index contributed by atoms with van der Waals surface area (Å²) < 4.78 is 41.8. The van der Waals surface area contributed by atoms with Gasteiger partial charge in [0, 0.05) is 30.2 Å². The summed E-state index contributed by atoms with van der Waals surface area (Å²) >= 11 is 6.81. The zero-order valence-corrected chi connectivity index (χ0v) is 18.6. The first-order chi connectivity index (χ1) is 14.8. The standard InChI is InChI=1S/C21H18FN3O3S3/c22-18-5-1-2-6-19(18)31(27,28)24-17-9-7-16(8-10-17)21(26)14-30-20(29)25(21)13-15-4-3-11-23-12-15/h1-12,24,26H,13-14H2. The minimum Gasteiger partial charge on any atom is -0.366 e. The molecule has 2 N–H and O–H groups in total. The number of rotatable bonds is 6. The number of thioether (sulfide) groups is 1. The number of halogens is 1. The van der Waals surface area contributed by atoms with E-state index >= 15 is 0 Å². The molecule has 160 valence electrons. The Morgan fingerprint density at radius 1 is 1.16 bits per heavy atom. The lowest BCUT2D eigenvalue weighted by Gasteiger charge is -2.34. The predicted octanol–water partition coefficient (Wildman–Crippen LogP) is 3.70. The second-order valence-electron chi connectivity index (χ2n) is 6.93. The Morgan fingerprint density at radius 2 is 1.90 bits per heavy atom. The molecule has 10 heteroatoms. The number of anilines is 1. The number of aliphatic hydroxyl groups is 1. The second kappa shape index (κ2) is 8.54. The Balaban J connectivity index is 1.57. The molecule has 1 aliphatic rings. The smallest absolute Gasteiger partial charge is 0.264 e. The van der Waals surface area contributed by atoms with Crippen molar-refractivity contribution < 1.29 is 17.9 Å². The largest absolute Gasteiger partial charge is 0.366 e. The van der Waals surface area contributed by atoms with Crippen LogP contribution in [0.25, 0.3) is 0 Å². The quantitative estimate of drug-likeness (QED) is 0.526. The van der Waals surface area contributed by atoms with Crippen molar-refractivity contribution in [1.29, 1.82) is 0 Å². The van der Waals surface area contributed by atoms with Crippen LogP contribution in [0.2, 0.25) is 0 Å². The van der Waals surface area contributed by atoms with Crippen molar-refractivity contribution in [2.75, 3.05) is 10.5 Å². The van der Waals surface area contributed by atoms with Gasteiger partial charge in [0.25, 0.3) is 10.0 Å². The number of hydrogen-bond acceptors (Lipinski definition) is 6. The first kappa shape index (κ1) is 21.7. The molecule has 1 aromatic heterocycles. The number of nitrogens with zero attached hydrogens (tertiary/aromatic N) is 2. The number of thiocarbonyl (C=S) groups is 1. The number of benzene rings is 2. The first-order valence-corrected chi connectivity index (χ1v) is 12.1. The Morgan fingerprint density at radius 3 is 2.58 bits per heavy atom. The summed E-state index contributed by atoms with van der Waals surface area (Å²) in [4.78, 5) is 5.39. The van der Waals surface area contributed by atoms with Gasteiger partial charge in [0.05, 0.1) is 5.75 Å². The van der Waals surface area contributed by atoms with Gasteiger partial charge in [-0.05, 0) is 35.9 Å². The molecule has 0 saturated carbocycles. The van der Waals surface area contributed by atoms with E-state index in [0.717, 1.165) is 11.6 Å². The number of aromatic nitrogens is 1. The lowest BCUT2D eigenvalue weighted by Crippen LogP contribution is -2.44. The van der Waals surface area contributed by atoms with Gasteiger partial charge in [-0.1, -0.05) is 54.3 Å². The SMILES string of the molecule is O=S(=O)(Nc1ccc(C2(O)CSC(=S)N2Cc2cccnc2)cc1)c1ccccc1F. The van der Waals surface area contributed by atoms with Crippen LogP contribution in [0.1, 0.15) is 11.1 Å². The van der Waals surface area contributed by atoms with Gasteiger partial charge in [0.2, 0.25) is 0 Å². The normalized spacial score (nSPS) is 18.9. The molecule has 0 spiro atoms. The third kappa shape index (κ3) is 4.42. The molecule has 2 aromatic carbocycles. The number of hydrogen-bond donors (Lipinski definition) is 2. The zero-order valence-electron chi connectivity index (χ0n) is 16.1. The van der Waals surface area contributed by atoms with Crippen molar-refractivity contribution in [3.63, 3.8) is 0 Å². The fourth-order valence-corrected chi connectivity index (χ4v) is 5.81. The van der Waals surface area contributed by atoms with Crippen LogP contribution in [0.3, 0.4) is 0 Å². The maximum atomic E-state index is 13.9. The highest BCUT2D eigenvalue weighted by molar-refractivity contribution is 8.23. The van der Waals surface area contributed by atoms with E-state index in [1.54, 1.807) is 29.4 Å². The van der Waals surface area contributed by atoms with Gasteiger partial charge in [0.1, 0.15) is 15.0 Å². The molecule has 0 aliphatic carbocycles. The molecule has 1 aliphatic heterocycles. The van der Waals surface area contributed by atoms with Crippen molar-refractivity contribution in [3.05, 3.63) is 90.0 Å². The third-order valence-electron chi connectivity index (χ3n) is 4.85. The summed E-state index contributed by atoms with van der Waals surface area (Å²) in [6.45, 7) is 0.387. The van der Waals surface area contributed by atoms with Crippen LogP contribution in [-0.2, 0) is 22.3 Å². The fraction of sp³-hybridized carbons (Fsp3) is 0.143. The molecule has 4 rings (SSSR count). The Labute approximate surface area is 189 Å². The van der Waals surface area contributed by atoms with Gasteiger partial charge in [-0.15, -0.1) is 0 Å². The van der Waals surface area contributed by atoms with E-state index in [0.29, 0.717) is 22.2 Å². The maximum Gasteiger partial charge on any atom is 0.264 e. The average molecular weight is 476 g/mol. The lowest BCUT2D eigenvalue weighted by atomic mass is 10.0. The Kier molecular flexibility index (Phi) is 5.98. The molecule has 1 fully saturated rings. The molecule has 1 saturated heterocycles. The molecule has 31 heavy (non-hydrogen) atoms. The van der Waals surface area contributed by atoms with Crippen molar-refractivity contribution in [1.82, 2.24) is 9.88 Å². The number of nitrogens with one attached hydrogen (secondary N) is 1. The molecule has 0 amide bonds. The Bertz CT molecular complexity index is 1210. The summed E-state index contributed by atoms with van der Waals surface area (Å²) in [6.07, 6.45) is 3.39. The topological polar surface area (TPSA) is 82.5 Å². The lowest BCUT2D eigenvalue weighted by molar-refractivity contribution is -0.0508. The summed E-state index contributed by atoms with van der Waals surface area (Å²) in [5, 5.41) is 11.4. The van der Waals surface area contributed by atoms with Gasteiger partial charge >= 0.3 is 0 Å². The molecule has 0 radical (unpaired) electrons. The van der Waals surface area contributed by atoms with Crippen molar-refractivity contribution in [3.8, 4) is 0 Å². The molecule has 3 aromatic rings. The van der Waals surface area contributed by atoms with Crippen molar-refractivity contribution in [2.45, 2.75) is 17.2 Å². The Hall–Kier alpha value is -2.53. The van der Waals surface area contributed by atoms with E-state index in [1.165, 1.54) is 42.1 Å². The number of pyridine rings is 1. The summed E-state index contributed by atoms with van der Waals surface area (Å²) in [5.41, 5.74) is 0.376.